The third-order valence-electron chi connectivity index (χ3n) is 2.62. The molecule has 0 aromatic carbocycles. The van der Waals surface area contributed by atoms with E-state index in [1.807, 2.05) is 37.7 Å². The van der Waals surface area contributed by atoms with Crippen molar-refractivity contribution in [3.05, 3.63) is 18.0 Å². The second-order valence-corrected chi connectivity index (χ2v) is 4.22. The van der Waals surface area contributed by atoms with Gasteiger partial charge in [-0.2, -0.15) is 5.10 Å². The van der Waals surface area contributed by atoms with E-state index in [0.29, 0.717) is 0 Å². The Labute approximate surface area is 91.3 Å². The van der Waals surface area contributed by atoms with Gasteiger partial charge in [-0.25, -0.2) is 0 Å². The van der Waals surface area contributed by atoms with Crippen molar-refractivity contribution >= 4 is 0 Å². The van der Waals surface area contributed by atoms with Crippen LogP contribution < -0.4 is 5.32 Å². The number of aromatic nitrogens is 2. The van der Waals surface area contributed by atoms with Crippen molar-refractivity contribution in [3.63, 3.8) is 0 Å². The third-order valence-corrected chi connectivity index (χ3v) is 2.62. The van der Waals surface area contributed by atoms with E-state index in [9.17, 15) is 5.11 Å². The summed E-state index contributed by atoms with van der Waals surface area (Å²) < 4.78 is 1.92. The lowest BCUT2D eigenvalue weighted by Gasteiger charge is -2.28. The van der Waals surface area contributed by atoms with Crippen molar-refractivity contribution < 1.29 is 5.11 Å². The number of likely N-dealkylation sites (N-methyl/N-ethyl adjacent to an activating group) is 1. The highest BCUT2D eigenvalue weighted by Gasteiger charge is 2.21. The zero-order chi connectivity index (χ0) is 11.3. The Morgan fingerprint density at radius 2 is 2.33 bits per heavy atom. The molecule has 1 unspecified atom stereocenters. The monoisotopic (exact) mass is 211 g/mol. The van der Waals surface area contributed by atoms with E-state index in [-0.39, 0.29) is 12.1 Å². The van der Waals surface area contributed by atoms with Crippen LogP contribution in [0.5, 0.6) is 0 Å². The van der Waals surface area contributed by atoms with Crippen molar-refractivity contribution in [1.82, 2.24) is 15.1 Å². The number of nitrogens with zero attached hydrogens (tertiary/aromatic N) is 2. The number of nitrogens with one attached hydrogen (secondary N) is 1. The highest BCUT2D eigenvalue weighted by atomic mass is 16.3. The first kappa shape index (κ1) is 12.2. The molecule has 1 atom stereocenters. The van der Waals surface area contributed by atoms with Crippen molar-refractivity contribution in [2.75, 3.05) is 13.2 Å². The molecule has 15 heavy (non-hydrogen) atoms. The minimum absolute atomic E-state index is 0.154. The van der Waals surface area contributed by atoms with Crippen LogP contribution in [0.4, 0.5) is 0 Å². The number of rotatable bonds is 6. The summed E-state index contributed by atoms with van der Waals surface area (Å²) in [5.74, 6) is 0. The zero-order valence-corrected chi connectivity index (χ0v) is 9.82. The molecule has 0 bridgehead atoms. The van der Waals surface area contributed by atoms with Crippen LogP contribution in [0.2, 0.25) is 0 Å². The third kappa shape index (κ3) is 3.64. The van der Waals surface area contributed by atoms with Gasteiger partial charge < -0.3 is 10.4 Å². The molecule has 2 N–H and O–H groups in total. The largest absolute Gasteiger partial charge is 0.394 e. The van der Waals surface area contributed by atoms with E-state index >= 15 is 0 Å². The average molecular weight is 211 g/mol. The molecule has 0 radical (unpaired) electrons. The molecule has 0 amide bonds. The zero-order valence-electron chi connectivity index (χ0n) is 9.82. The maximum atomic E-state index is 9.31. The number of aliphatic hydroxyl groups is 1. The molecule has 1 aromatic rings. The second-order valence-electron chi connectivity index (χ2n) is 4.22. The summed E-state index contributed by atoms with van der Waals surface area (Å²) in [6.07, 6.45) is 2.84. The van der Waals surface area contributed by atoms with Crippen molar-refractivity contribution in [1.29, 1.82) is 0 Å². The SMILES string of the molecule is CCNC(C)(CO)CCn1ccc(C)n1. The van der Waals surface area contributed by atoms with Crippen molar-refractivity contribution in [2.45, 2.75) is 39.3 Å². The molecule has 0 aliphatic heterocycles. The minimum Gasteiger partial charge on any atom is -0.394 e. The highest BCUT2D eigenvalue weighted by Crippen LogP contribution is 2.10. The molecule has 0 aliphatic carbocycles. The molecular formula is C11H21N3O. The predicted molar refractivity (Wildman–Crippen MR) is 60.7 cm³/mol. The first-order chi connectivity index (χ1) is 7.09. The summed E-state index contributed by atoms with van der Waals surface area (Å²) in [6, 6.07) is 1.99. The van der Waals surface area contributed by atoms with Gasteiger partial charge in [0.05, 0.1) is 12.3 Å². The summed E-state index contributed by atoms with van der Waals surface area (Å²) in [7, 11) is 0. The van der Waals surface area contributed by atoms with Gasteiger partial charge in [0, 0.05) is 18.3 Å². The van der Waals surface area contributed by atoms with Gasteiger partial charge in [-0.1, -0.05) is 6.92 Å². The van der Waals surface area contributed by atoms with Crippen LogP contribution in [-0.2, 0) is 6.54 Å². The van der Waals surface area contributed by atoms with Crippen LogP contribution in [-0.4, -0.2) is 33.6 Å². The fraction of sp³-hybridized carbons (Fsp3) is 0.727. The number of aryl methyl sites for hydroxylation is 2. The lowest BCUT2D eigenvalue weighted by Crippen LogP contribution is -2.46. The maximum absolute atomic E-state index is 9.31. The molecule has 1 rings (SSSR count). The average Bonchev–Trinajstić information content (AvgIpc) is 2.62. The molecular weight excluding hydrogens is 190 g/mol. The van der Waals surface area contributed by atoms with Gasteiger partial charge in [-0.15, -0.1) is 0 Å². The van der Waals surface area contributed by atoms with E-state index in [1.54, 1.807) is 0 Å². The van der Waals surface area contributed by atoms with Gasteiger partial charge in [-0.05, 0) is 32.9 Å². The van der Waals surface area contributed by atoms with Crippen LogP contribution in [0.15, 0.2) is 12.3 Å². The fourth-order valence-corrected chi connectivity index (χ4v) is 1.60. The summed E-state index contributed by atoms with van der Waals surface area (Å²) in [6.45, 7) is 7.92. The lowest BCUT2D eigenvalue weighted by atomic mass is 9.99. The topological polar surface area (TPSA) is 50.1 Å². The lowest BCUT2D eigenvalue weighted by molar-refractivity contribution is 0.161. The van der Waals surface area contributed by atoms with Gasteiger partial charge in [0.25, 0.3) is 0 Å². The molecule has 4 heteroatoms. The molecule has 0 saturated heterocycles. The molecule has 1 heterocycles. The molecule has 0 fully saturated rings. The standard InChI is InChI=1S/C11H21N3O/c1-4-12-11(3,9-15)6-8-14-7-5-10(2)13-14/h5,7,12,15H,4,6,8-9H2,1-3H3. The van der Waals surface area contributed by atoms with Crippen molar-refractivity contribution in [2.24, 2.45) is 0 Å². The van der Waals surface area contributed by atoms with E-state index in [1.165, 1.54) is 0 Å². The number of hydrogen-bond acceptors (Lipinski definition) is 3. The molecule has 0 saturated carbocycles. The van der Waals surface area contributed by atoms with Gasteiger partial charge in [-0.3, -0.25) is 4.68 Å². The summed E-state index contributed by atoms with van der Waals surface area (Å²) in [5, 5.41) is 16.9. The molecule has 86 valence electrons. The predicted octanol–water partition coefficient (Wildman–Crippen LogP) is 0.942. The van der Waals surface area contributed by atoms with Crippen LogP contribution in [0.25, 0.3) is 0 Å². The summed E-state index contributed by atoms with van der Waals surface area (Å²) >= 11 is 0. The Kier molecular flexibility index (Phi) is 4.29. The van der Waals surface area contributed by atoms with Gasteiger partial charge in [0.1, 0.15) is 0 Å². The normalized spacial score (nSPS) is 15.2. The highest BCUT2D eigenvalue weighted by molar-refractivity contribution is 4.95. The minimum atomic E-state index is -0.200. The fourth-order valence-electron chi connectivity index (χ4n) is 1.60. The quantitative estimate of drug-likeness (QED) is 0.736. The Bertz CT molecular complexity index is 298. The number of aliphatic hydroxyl groups excluding tert-OH is 1. The van der Waals surface area contributed by atoms with Crippen LogP contribution in [0.1, 0.15) is 26.0 Å². The van der Waals surface area contributed by atoms with E-state index in [4.69, 9.17) is 0 Å². The smallest absolute Gasteiger partial charge is 0.0611 e. The first-order valence-electron chi connectivity index (χ1n) is 5.45. The Hall–Kier alpha value is -0.870. The Morgan fingerprint density at radius 1 is 1.60 bits per heavy atom. The van der Waals surface area contributed by atoms with Crippen molar-refractivity contribution in [3.8, 4) is 0 Å². The second kappa shape index (κ2) is 5.28. The first-order valence-corrected chi connectivity index (χ1v) is 5.45. The Morgan fingerprint density at radius 3 is 2.80 bits per heavy atom. The van der Waals surface area contributed by atoms with E-state index < -0.39 is 0 Å². The molecule has 0 spiro atoms. The van der Waals surface area contributed by atoms with Crippen LogP contribution >= 0.6 is 0 Å². The molecule has 1 aromatic heterocycles. The number of hydrogen-bond donors (Lipinski definition) is 2. The van der Waals surface area contributed by atoms with Gasteiger partial charge in [0.15, 0.2) is 0 Å². The van der Waals surface area contributed by atoms with Gasteiger partial charge >= 0.3 is 0 Å². The molecule has 4 nitrogen and oxygen atoms in total. The van der Waals surface area contributed by atoms with E-state index in [0.717, 1.165) is 25.2 Å². The molecule has 0 aliphatic rings. The summed E-state index contributed by atoms with van der Waals surface area (Å²) in [4.78, 5) is 0. The van der Waals surface area contributed by atoms with E-state index in [2.05, 4.69) is 10.4 Å². The van der Waals surface area contributed by atoms with Crippen LogP contribution in [0, 0.1) is 6.92 Å². The Balaban J connectivity index is 2.47. The van der Waals surface area contributed by atoms with Gasteiger partial charge in [0.2, 0.25) is 0 Å². The maximum Gasteiger partial charge on any atom is 0.0611 e. The van der Waals surface area contributed by atoms with Crippen LogP contribution in [0.3, 0.4) is 0 Å². The summed E-state index contributed by atoms with van der Waals surface area (Å²) in [5.41, 5.74) is 0.832.